The first-order valence-corrected chi connectivity index (χ1v) is 11.1. The van der Waals surface area contributed by atoms with Gasteiger partial charge in [0.05, 0.1) is 0 Å². The van der Waals surface area contributed by atoms with E-state index in [-0.39, 0.29) is 6.10 Å². The summed E-state index contributed by atoms with van der Waals surface area (Å²) in [7, 11) is 0. The monoisotopic (exact) mass is 408 g/mol. The van der Waals surface area contributed by atoms with E-state index in [1.54, 1.807) is 24.5 Å². The van der Waals surface area contributed by atoms with Crippen LogP contribution < -0.4 is 15.2 Å². The summed E-state index contributed by atoms with van der Waals surface area (Å²) in [4.78, 5) is 8.34. The van der Waals surface area contributed by atoms with Gasteiger partial charge in [0.2, 0.25) is 11.8 Å². The van der Waals surface area contributed by atoms with Gasteiger partial charge in [0.1, 0.15) is 23.8 Å². The molecule has 30 heavy (non-hydrogen) atoms. The van der Waals surface area contributed by atoms with E-state index in [4.69, 9.17) is 20.5 Å². The molecule has 4 rings (SSSR count). The zero-order chi connectivity index (χ0) is 21.0. The summed E-state index contributed by atoms with van der Waals surface area (Å²) in [5.41, 5.74) is 7.08. The smallest absolute Gasteiger partial charge is 0.231 e. The molecule has 2 fully saturated rings. The fourth-order valence-electron chi connectivity index (χ4n) is 3.87. The largest absolute Gasteiger partial charge is 0.474 e. The molecule has 2 heterocycles. The second kappa shape index (κ2) is 12.1. The van der Waals surface area contributed by atoms with Crippen molar-refractivity contribution in [1.29, 1.82) is 5.26 Å². The Hall–Kier alpha value is -2.65. The molecule has 2 aromatic heterocycles. The van der Waals surface area contributed by atoms with Crippen LogP contribution in [0.5, 0.6) is 11.8 Å². The number of hydrogen-bond acceptors (Lipinski definition) is 6. The number of ether oxygens (including phenoxy) is 2. The lowest BCUT2D eigenvalue weighted by molar-refractivity contribution is 0.148. The topological polar surface area (TPSA) is 94.0 Å². The van der Waals surface area contributed by atoms with E-state index in [9.17, 15) is 0 Å². The van der Waals surface area contributed by atoms with Crippen LogP contribution in [-0.2, 0) is 6.54 Å². The first-order valence-electron chi connectivity index (χ1n) is 11.1. The van der Waals surface area contributed by atoms with Crippen LogP contribution in [0.1, 0.15) is 75.3 Å². The van der Waals surface area contributed by atoms with Crippen molar-refractivity contribution < 1.29 is 9.47 Å². The summed E-state index contributed by atoms with van der Waals surface area (Å²) >= 11 is 0. The Labute approximate surface area is 179 Å². The number of pyridine rings is 2. The van der Waals surface area contributed by atoms with Crippen LogP contribution in [0.25, 0.3) is 0 Å². The van der Waals surface area contributed by atoms with Gasteiger partial charge in [-0.3, -0.25) is 0 Å². The van der Waals surface area contributed by atoms with Gasteiger partial charge in [-0.05, 0) is 69.1 Å². The summed E-state index contributed by atoms with van der Waals surface area (Å²) in [6.45, 7) is 0.538. The molecule has 160 valence electrons. The molecule has 0 spiro atoms. The third-order valence-corrected chi connectivity index (χ3v) is 5.60. The maximum absolute atomic E-state index is 8.88. The minimum atomic E-state index is 0.251. The van der Waals surface area contributed by atoms with Crippen LogP contribution in [-0.4, -0.2) is 22.2 Å². The molecule has 2 aliphatic carbocycles. The normalized spacial score (nSPS) is 17.3. The molecule has 2 N–H and O–H groups in total. The molecule has 2 saturated carbocycles. The Morgan fingerprint density at radius 1 is 0.900 bits per heavy atom. The van der Waals surface area contributed by atoms with Crippen LogP contribution >= 0.6 is 0 Å². The predicted octanol–water partition coefficient (Wildman–Crippen LogP) is 4.92. The van der Waals surface area contributed by atoms with Crippen molar-refractivity contribution >= 4 is 0 Å². The molecule has 0 aromatic carbocycles. The van der Waals surface area contributed by atoms with Crippen LogP contribution in [0.3, 0.4) is 0 Å². The lowest BCUT2D eigenvalue weighted by atomic mass is 9.98. The molecule has 0 atom stereocenters. The van der Waals surface area contributed by atoms with Gasteiger partial charge in [-0.15, -0.1) is 0 Å². The molecule has 6 heteroatoms. The third kappa shape index (κ3) is 7.00. The summed E-state index contributed by atoms with van der Waals surface area (Å²) in [6, 6.07) is 9.49. The first-order chi connectivity index (χ1) is 14.8. The molecular weight excluding hydrogens is 376 g/mol. The molecule has 0 amide bonds. The maximum atomic E-state index is 8.88. The van der Waals surface area contributed by atoms with Crippen molar-refractivity contribution in [3.63, 3.8) is 0 Å². The first kappa shape index (κ1) is 22.0. The van der Waals surface area contributed by atoms with Gasteiger partial charge < -0.3 is 15.2 Å². The minimum Gasteiger partial charge on any atom is -0.474 e. The fraction of sp³-hybridized carbons (Fsp3) is 0.542. The lowest BCUT2D eigenvalue weighted by Crippen LogP contribution is -2.20. The van der Waals surface area contributed by atoms with Gasteiger partial charge >= 0.3 is 0 Å². The highest BCUT2D eigenvalue weighted by molar-refractivity contribution is 5.37. The van der Waals surface area contributed by atoms with E-state index in [1.807, 2.05) is 12.1 Å². The van der Waals surface area contributed by atoms with Crippen molar-refractivity contribution in [2.24, 2.45) is 5.73 Å². The minimum absolute atomic E-state index is 0.251. The zero-order valence-electron chi connectivity index (χ0n) is 17.6. The van der Waals surface area contributed by atoms with Gasteiger partial charge in [0.25, 0.3) is 0 Å². The van der Waals surface area contributed by atoms with Gasteiger partial charge in [-0.2, -0.15) is 5.26 Å². The highest BCUT2D eigenvalue weighted by Gasteiger charge is 2.17. The van der Waals surface area contributed by atoms with Crippen LogP contribution in [0.4, 0.5) is 0 Å². The average Bonchev–Trinajstić information content (AvgIpc) is 2.82. The number of hydrogen-bond donors (Lipinski definition) is 1. The summed E-state index contributed by atoms with van der Waals surface area (Å²) in [5.74, 6) is 1.23. The third-order valence-electron chi connectivity index (χ3n) is 5.60. The Morgan fingerprint density at radius 2 is 1.57 bits per heavy atom. The Bertz CT molecular complexity index is 792. The number of nitrogens with two attached hydrogens (primary N) is 1. The molecule has 0 aliphatic heterocycles. The number of nitriles is 1. The van der Waals surface area contributed by atoms with E-state index in [2.05, 4.69) is 16.0 Å². The van der Waals surface area contributed by atoms with E-state index in [0.29, 0.717) is 24.1 Å². The molecule has 0 radical (unpaired) electrons. The molecule has 2 aromatic rings. The lowest BCUT2D eigenvalue weighted by Gasteiger charge is -2.22. The SMILES string of the molecule is N#Cc1cccnc1OC1CCCCC1.NCc1ccc(OC2CCCCC2)nc1. The summed E-state index contributed by atoms with van der Waals surface area (Å²) < 4.78 is 11.5. The van der Waals surface area contributed by atoms with Gasteiger partial charge in [-0.1, -0.05) is 18.9 Å². The number of nitrogens with zero attached hydrogens (tertiary/aromatic N) is 3. The Kier molecular flexibility index (Phi) is 8.92. The predicted molar refractivity (Wildman–Crippen MR) is 116 cm³/mol. The van der Waals surface area contributed by atoms with E-state index in [0.717, 1.165) is 24.3 Å². The van der Waals surface area contributed by atoms with Gasteiger partial charge in [-0.25, -0.2) is 9.97 Å². The molecular formula is C24H32N4O2. The maximum Gasteiger partial charge on any atom is 0.231 e. The molecule has 2 aliphatic rings. The van der Waals surface area contributed by atoms with E-state index >= 15 is 0 Å². The second-order valence-corrected chi connectivity index (χ2v) is 7.93. The molecule has 6 nitrogen and oxygen atoms in total. The summed E-state index contributed by atoms with van der Waals surface area (Å²) in [6.07, 6.45) is 16.2. The van der Waals surface area contributed by atoms with Crippen LogP contribution in [0.15, 0.2) is 36.7 Å². The number of rotatable bonds is 5. The van der Waals surface area contributed by atoms with Gasteiger partial charge in [0.15, 0.2) is 0 Å². The highest BCUT2D eigenvalue weighted by Crippen LogP contribution is 2.24. The highest BCUT2D eigenvalue weighted by atomic mass is 16.5. The van der Waals surface area contributed by atoms with Crippen molar-refractivity contribution in [2.45, 2.75) is 83.0 Å². The van der Waals surface area contributed by atoms with Crippen molar-refractivity contribution in [3.05, 3.63) is 47.8 Å². The Morgan fingerprint density at radius 3 is 2.13 bits per heavy atom. The van der Waals surface area contributed by atoms with E-state index in [1.165, 1.54) is 51.4 Å². The van der Waals surface area contributed by atoms with Crippen molar-refractivity contribution in [1.82, 2.24) is 9.97 Å². The molecule has 0 unspecified atom stereocenters. The van der Waals surface area contributed by atoms with Crippen molar-refractivity contribution in [3.8, 4) is 17.8 Å². The standard InChI is InChI=1S/C12H14N2O.C12H18N2O/c13-9-10-5-4-8-14-12(10)15-11-6-2-1-3-7-11;13-8-10-6-7-12(14-9-10)15-11-4-2-1-3-5-11/h4-5,8,11H,1-3,6-7H2;6-7,9,11H,1-5,8,13H2. The fourth-order valence-corrected chi connectivity index (χ4v) is 3.87. The zero-order valence-corrected chi connectivity index (χ0v) is 17.6. The summed E-state index contributed by atoms with van der Waals surface area (Å²) in [5, 5.41) is 8.88. The Balaban J connectivity index is 0.000000171. The molecule has 0 bridgehead atoms. The van der Waals surface area contributed by atoms with Crippen LogP contribution in [0, 0.1) is 11.3 Å². The quantitative estimate of drug-likeness (QED) is 0.755. The average molecular weight is 409 g/mol. The van der Waals surface area contributed by atoms with E-state index < -0.39 is 0 Å². The van der Waals surface area contributed by atoms with Crippen molar-refractivity contribution in [2.75, 3.05) is 0 Å². The molecule has 0 saturated heterocycles. The van der Waals surface area contributed by atoms with Crippen LogP contribution in [0.2, 0.25) is 0 Å². The number of aromatic nitrogens is 2. The van der Waals surface area contributed by atoms with Gasteiger partial charge in [0, 0.05) is 25.0 Å². The second-order valence-electron chi connectivity index (χ2n) is 7.93.